The molecule has 0 aliphatic rings. The normalized spacial score (nSPS) is 12.9. The first-order valence-corrected chi connectivity index (χ1v) is 5.08. The fourth-order valence-corrected chi connectivity index (χ4v) is 1.74. The van der Waals surface area contributed by atoms with Gasteiger partial charge in [-0.1, -0.05) is 25.5 Å². The van der Waals surface area contributed by atoms with Crippen molar-refractivity contribution in [2.45, 2.75) is 25.9 Å². The van der Waals surface area contributed by atoms with Crippen LogP contribution in [0, 0.1) is 5.82 Å². The molecule has 0 aliphatic carbocycles. The van der Waals surface area contributed by atoms with Gasteiger partial charge in [0.05, 0.1) is 10.6 Å². The maximum atomic E-state index is 13.0. The van der Waals surface area contributed by atoms with Gasteiger partial charge in [-0.05, 0) is 34.0 Å². The van der Waals surface area contributed by atoms with Gasteiger partial charge < -0.3 is 5.11 Å². The average Bonchev–Trinajstić information content (AvgIpc) is 2.10. The third-order valence-electron chi connectivity index (χ3n) is 1.90. The minimum atomic E-state index is -0.574. The van der Waals surface area contributed by atoms with E-state index < -0.39 is 6.10 Å². The fraction of sp³-hybridized carbons (Fsp3) is 0.400. The van der Waals surface area contributed by atoms with Crippen LogP contribution in [0.1, 0.15) is 31.4 Å². The zero-order valence-corrected chi connectivity index (χ0v) is 9.01. The van der Waals surface area contributed by atoms with Crippen molar-refractivity contribution in [2.24, 2.45) is 0 Å². The maximum absolute atomic E-state index is 13.0. The van der Waals surface area contributed by atoms with E-state index in [9.17, 15) is 9.50 Å². The Morgan fingerprint density at radius 2 is 2.23 bits per heavy atom. The highest BCUT2D eigenvalue weighted by atomic mass is 79.9. The molecule has 0 spiro atoms. The van der Waals surface area contributed by atoms with E-state index in [1.165, 1.54) is 6.07 Å². The van der Waals surface area contributed by atoms with E-state index in [0.29, 0.717) is 16.5 Å². The number of hydrogen-bond acceptors (Lipinski definition) is 1. The molecule has 1 atom stereocenters. The second kappa shape index (κ2) is 4.72. The van der Waals surface area contributed by atoms with Crippen molar-refractivity contribution in [3.8, 4) is 0 Å². The Labute approximate surface area is 85.7 Å². The van der Waals surface area contributed by atoms with E-state index in [0.717, 1.165) is 6.42 Å². The molecule has 0 amide bonds. The van der Waals surface area contributed by atoms with Crippen LogP contribution in [0.4, 0.5) is 4.39 Å². The Morgan fingerprint density at radius 3 is 2.85 bits per heavy atom. The molecule has 0 unspecified atom stereocenters. The molecule has 13 heavy (non-hydrogen) atoms. The monoisotopic (exact) mass is 246 g/mol. The van der Waals surface area contributed by atoms with Gasteiger partial charge in [-0.15, -0.1) is 0 Å². The van der Waals surface area contributed by atoms with Gasteiger partial charge in [0.2, 0.25) is 0 Å². The average molecular weight is 247 g/mol. The van der Waals surface area contributed by atoms with E-state index in [4.69, 9.17) is 0 Å². The highest BCUT2D eigenvalue weighted by Crippen LogP contribution is 2.28. The summed E-state index contributed by atoms with van der Waals surface area (Å²) in [7, 11) is 0. The van der Waals surface area contributed by atoms with Gasteiger partial charge in [0.1, 0.15) is 5.82 Å². The molecule has 0 fully saturated rings. The third kappa shape index (κ3) is 2.51. The highest BCUT2D eigenvalue weighted by Gasteiger charge is 2.12. The van der Waals surface area contributed by atoms with Crippen LogP contribution < -0.4 is 0 Å². The molecule has 1 N–H and O–H groups in total. The fourth-order valence-electron chi connectivity index (χ4n) is 1.21. The Hall–Kier alpha value is -0.410. The van der Waals surface area contributed by atoms with Crippen LogP contribution in [0.15, 0.2) is 22.7 Å². The summed E-state index contributed by atoms with van der Waals surface area (Å²) in [5, 5.41) is 9.63. The first-order valence-electron chi connectivity index (χ1n) is 4.28. The largest absolute Gasteiger partial charge is 0.388 e. The van der Waals surface area contributed by atoms with E-state index in [2.05, 4.69) is 15.9 Å². The van der Waals surface area contributed by atoms with Crippen LogP contribution in [0.3, 0.4) is 0 Å². The van der Waals surface area contributed by atoms with Crippen molar-refractivity contribution < 1.29 is 9.50 Å². The number of aliphatic hydroxyl groups excluding tert-OH is 1. The minimum absolute atomic E-state index is 0.326. The van der Waals surface area contributed by atoms with Crippen LogP contribution in [0.25, 0.3) is 0 Å². The zero-order chi connectivity index (χ0) is 9.84. The molecule has 1 rings (SSSR count). The number of rotatable bonds is 3. The second-order valence-corrected chi connectivity index (χ2v) is 3.74. The molecular weight excluding hydrogens is 235 g/mol. The number of aliphatic hydroxyl groups is 1. The van der Waals surface area contributed by atoms with E-state index >= 15 is 0 Å². The van der Waals surface area contributed by atoms with Gasteiger partial charge >= 0.3 is 0 Å². The summed E-state index contributed by atoms with van der Waals surface area (Å²) in [6, 6.07) is 4.70. The van der Waals surface area contributed by atoms with Gasteiger partial charge in [0.15, 0.2) is 0 Å². The van der Waals surface area contributed by atoms with Gasteiger partial charge in [-0.25, -0.2) is 4.39 Å². The van der Waals surface area contributed by atoms with Gasteiger partial charge in [-0.3, -0.25) is 0 Å². The number of hydrogen-bond donors (Lipinski definition) is 1. The van der Waals surface area contributed by atoms with Gasteiger partial charge in [-0.2, -0.15) is 0 Å². The van der Waals surface area contributed by atoms with E-state index in [-0.39, 0.29) is 5.82 Å². The summed E-state index contributed by atoms with van der Waals surface area (Å²) in [5.41, 5.74) is 0.627. The van der Waals surface area contributed by atoms with Crippen molar-refractivity contribution >= 4 is 15.9 Å². The summed E-state index contributed by atoms with van der Waals surface area (Å²) in [6.07, 6.45) is 0.960. The molecule has 0 saturated carbocycles. The lowest BCUT2D eigenvalue weighted by molar-refractivity contribution is 0.165. The SMILES string of the molecule is CCC[C@H](O)c1cccc(F)c1Br. The van der Waals surface area contributed by atoms with E-state index in [1.807, 2.05) is 6.92 Å². The molecule has 1 aromatic carbocycles. The van der Waals surface area contributed by atoms with Crippen LogP contribution in [0.2, 0.25) is 0 Å². The minimum Gasteiger partial charge on any atom is -0.388 e. The predicted molar refractivity (Wildman–Crippen MR) is 54.0 cm³/mol. The molecule has 0 saturated heterocycles. The Morgan fingerprint density at radius 1 is 1.54 bits per heavy atom. The number of benzene rings is 1. The molecular formula is C10H12BrFO. The standard InChI is InChI=1S/C10H12BrFO/c1-2-4-9(13)7-5-3-6-8(12)10(7)11/h3,5-6,9,13H,2,4H2,1H3/t9-/m0/s1. The highest BCUT2D eigenvalue weighted by molar-refractivity contribution is 9.10. The molecule has 0 aromatic heterocycles. The molecule has 0 aliphatic heterocycles. The molecule has 0 radical (unpaired) electrons. The van der Waals surface area contributed by atoms with Gasteiger partial charge in [0.25, 0.3) is 0 Å². The predicted octanol–water partition coefficient (Wildman–Crippen LogP) is 3.42. The van der Waals surface area contributed by atoms with Crippen molar-refractivity contribution in [2.75, 3.05) is 0 Å². The smallest absolute Gasteiger partial charge is 0.137 e. The van der Waals surface area contributed by atoms with E-state index in [1.54, 1.807) is 12.1 Å². The van der Waals surface area contributed by atoms with Crippen molar-refractivity contribution in [3.63, 3.8) is 0 Å². The van der Waals surface area contributed by atoms with Crippen LogP contribution in [-0.4, -0.2) is 5.11 Å². The van der Waals surface area contributed by atoms with Crippen molar-refractivity contribution in [1.29, 1.82) is 0 Å². The zero-order valence-electron chi connectivity index (χ0n) is 7.43. The Kier molecular flexibility index (Phi) is 3.88. The summed E-state index contributed by atoms with van der Waals surface area (Å²) in [4.78, 5) is 0. The summed E-state index contributed by atoms with van der Waals surface area (Å²) in [6.45, 7) is 1.98. The summed E-state index contributed by atoms with van der Waals surface area (Å²) in [5.74, 6) is -0.326. The Bertz CT molecular complexity index is 288. The molecule has 3 heteroatoms. The second-order valence-electron chi connectivity index (χ2n) is 2.95. The molecule has 1 nitrogen and oxygen atoms in total. The topological polar surface area (TPSA) is 20.2 Å². The summed E-state index contributed by atoms with van der Waals surface area (Å²) >= 11 is 3.12. The molecule has 1 aromatic rings. The lowest BCUT2D eigenvalue weighted by Gasteiger charge is -2.11. The van der Waals surface area contributed by atoms with Crippen molar-refractivity contribution in [3.05, 3.63) is 34.1 Å². The molecule has 0 bridgehead atoms. The summed E-state index contributed by atoms with van der Waals surface area (Å²) < 4.78 is 13.4. The number of halogens is 2. The lowest BCUT2D eigenvalue weighted by atomic mass is 10.1. The first kappa shape index (κ1) is 10.7. The maximum Gasteiger partial charge on any atom is 0.137 e. The van der Waals surface area contributed by atoms with Crippen LogP contribution >= 0.6 is 15.9 Å². The molecule has 72 valence electrons. The molecule has 0 heterocycles. The van der Waals surface area contributed by atoms with Crippen molar-refractivity contribution in [1.82, 2.24) is 0 Å². The van der Waals surface area contributed by atoms with Crippen LogP contribution in [0.5, 0.6) is 0 Å². The third-order valence-corrected chi connectivity index (χ3v) is 2.74. The first-order chi connectivity index (χ1) is 6.16. The van der Waals surface area contributed by atoms with Crippen LogP contribution in [-0.2, 0) is 0 Å². The Balaban J connectivity index is 2.93. The quantitative estimate of drug-likeness (QED) is 0.867. The van der Waals surface area contributed by atoms with Gasteiger partial charge in [0, 0.05) is 0 Å². The lowest BCUT2D eigenvalue weighted by Crippen LogP contribution is -1.98.